The molecule has 0 bridgehead atoms. The van der Waals surface area contributed by atoms with E-state index in [0.29, 0.717) is 56.5 Å². The first-order valence-electron chi connectivity index (χ1n) is 22.3. The number of cyclic esters (lactones) is 2. The van der Waals surface area contributed by atoms with Gasteiger partial charge in [0.1, 0.15) is 23.7 Å². The Balaban J connectivity index is 0.000000166. The lowest BCUT2D eigenvalue weighted by molar-refractivity contribution is -0.120. The van der Waals surface area contributed by atoms with Crippen molar-refractivity contribution in [3.63, 3.8) is 0 Å². The van der Waals surface area contributed by atoms with Gasteiger partial charge in [-0.3, -0.25) is 28.8 Å². The molecule has 10 rings (SSSR count). The van der Waals surface area contributed by atoms with Gasteiger partial charge in [-0.25, -0.2) is 9.59 Å². The van der Waals surface area contributed by atoms with E-state index in [1.165, 1.54) is 25.0 Å². The number of carbonyl (C=O) groups excluding carboxylic acids is 4. The molecule has 6 aromatic rings. The van der Waals surface area contributed by atoms with Gasteiger partial charge in [0.2, 0.25) is 11.8 Å². The molecule has 0 saturated carbocycles. The monoisotopic (exact) mass is 892 g/mol. The lowest BCUT2D eigenvalue weighted by atomic mass is 10.0. The van der Waals surface area contributed by atoms with Crippen LogP contribution in [0.15, 0.2) is 109 Å². The first-order chi connectivity index (χ1) is 32.1. The minimum Gasteiger partial charge on any atom is -0.492 e. The van der Waals surface area contributed by atoms with Crippen LogP contribution in [0.3, 0.4) is 0 Å². The molecule has 0 aliphatic carbocycles. The largest absolute Gasteiger partial charge is 0.492 e. The lowest BCUT2D eigenvalue weighted by Crippen LogP contribution is -2.33. The molecule has 0 spiro atoms. The second-order valence-corrected chi connectivity index (χ2v) is 16.6. The van der Waals surface area contributed by atoms with Crippen molar-refractivity contribution in [3.8, 4) is 34.0 Å². The van der Waals surface area contributed by atoms with E-state index >= 15 is 0 Å². The van der Waals surface area contributed by atoms with Crippen molar-refractivity contribution in [1.82, 2.24) is 30.2 Å². The summed E-state index contributed by atoms with van der Waals surface area (Å²) < 4.78 is 26.9. The molecule has 340 valence electrons. The van der Waals surface area contributed by atoms with Crippen molar-refractivity contribution in [1.29, 1.82) is 0 Å². The Morgan fingerprint density at radius 2 is 1.20 bits per heavy atom. The summed E-state index contributed by atoms with van der Waals surface area (Å²) in [7, 11) is 0. The van der Waals surface area contributed by atoms with Gasteiger partial charge in [0.15, 0.2) is 0 Å². The highest BCUT2D eigenvalue weighted by atomic mass is 16.6. The van der Waals surface area contributed by atoms with E-state index in [-0.39, 0.29) is 24.0 Å². The Labute approximate surface area is 382 Å². The number of amides is 4. The Morgan fingerprint density at radius 3 is 1.77 bits per heavy atom. The van der Waals surface area contributed by atoms with E-state index in [2.05, 4.69) is 58.3 Å². The molecule has 6 heterocycles. The van der Waals surface area contributed by atoms with Crippen LogP contribution in [0.2, 0.25) is 0 Å². The van der Waals surface area contributed by atoms with Crippen molar-refractivity contribution < 1.29 is 38.1 Å². The number of anilines is 2. The minimum atomic E-state index is -0.426. The lowest BCUT2D eigenvalue weighted by Gasteiger charge is -2.17. The van der Waals surface area contributed by atoms with Gasteiger partial charge >= 0.3 is 12.2 Å². The molecule has 4 aliphatic heterocycles. The third-order valence-electron chi connectivity index (χ3n) is 11.9. The summed E-state index contributed by atoms with van der Waals surface area (Å²) in [5, 5.41) is 14.9. The summed E-state index contributed by atoms with van der Waals surface area (Å²) >= 11 is 0. The van der Waals surface area contributed by atoms with E-state index in [4.69, 9.17) is 24.0 Å². The maximum Gasteiger partial charge on any atom is 0.414 e. The fourth-order valence-electron chi connectivity index (χ4n) is 8.57. The summed E-state index contributed by atoms with van der Waals surface area (Å²) in [4.78, 5) is 50.3. The van der Waals surface area contributed by atoms with Crippen molar-refractivity contribution >= 4 is 35.4 Å². The smallest absolute Gasteiger partial charge is 0.414 e. The van der Waals surface area contributed by atoms with Crippen molar-refractivity contribution in [2.75, 3.05) is 49.2 Å². The fraction of sp³-hybridized carbons (Fsp3) is 0.320. The van der Waals surface area contributed by atoms with E-state index in [1.807, 2.05) is 76.2 Å². The Morgan fingerprint density at radius 1 is 0.667 bits per heavy atom. The summed E-state index contributed by atoms with van der Waals surface area (Å²) in [6.07, 6.45) is 5.77. The molecule has 2 N–H and O–H groups in total. The Kier molecular flexibility index (Phi) is 13.0. The number of nitrogens with one attached hydrogen (secondary N) is 2. The van der Waals surface area contributed by atoms with Crippen molar-refractivity contribution in [2.24, 2.45) is 0 Å². The number of aromatic nitrogens is 4. The highest BCUT2D eigenvalue weighted by molar-refractivity contribution is 5.92. The van der Waals surface area contributed by atoms with E-state index in [0.717, 1.165) is 78.2 Å². The molecule has 2 fully saturated rings. The van der Waals surface area contributed by atoms with Crippen LogP contribution in [0.25, 0.3) is 22.5 Å². The Hall–Kier alpha value is -7.62. The van der Waals surface area contributed by atoms with Gasteiger partial charge in [-0.05, 0) is 48.2 Å². The van der Waals surface area contributed by atoms with Crippen LogP contribution in [0, 0.1) is 0 Å². The van der Waals surface area contributed by atoms with Gasteiger partial charge in [0, 0.05) is 80.4 Å². The third kappa shape index (κ3) is 10.0. The highest BCUT2D eigenvalue weighted by Crippen LogP contribution is 2.40. The average molecular weight is 893 g/mol. The van der Waals surface area contributed by atoms with Gasteiger partial charge < -0.3 is 29.6 Å². The molecule has 4 aromatic carbocycles. The van der Waals surface area contributed by atoms with Gasteiger partial charge in [-0.1, -0.05) is 60.7 Å². The molecule has 2 aromatic heterocycles. The molecule has 66 heavy (non-hydrogen) atoms. The van der Waals surface area contributed by atoms with Gasteiger partial charge in [0.25, 0.3) is 0 Å². The maximum atomic E-state index is 12.4. The third-order valence-corrected chi connectivity index (χ3v) is 11.9. The zero-order valence-electron chi connectivity index (χ0n) is 37.0. The highest BCUT2D eigenvalue weighted by Gasteiger charge is 2.35. The number of ether oxygens (including phenoxy) is 4. The molecule has 0 radical (unpaired) electrons. The van der Waals surface area contributed by atoms with Crippen LogP contribution in [0.4, 0.5) is 21.0 Å². The molecule has 2 atom stereocenters. The minimum absolute atomic E-state index is 0.150. The van der Waals surface area contributed by atoms with Crippen LogP contribution in [-0.2, 0) is 57.8 Å². The summed E-state index contributed by atoms with van der Waals surface area (Å²) in [6.45, 7) is 6.88. The Bertz CT molecular complexity index is 2720. The molecule has 2 saturated heterocycles. The predicted octanol–water partition coefficient (Wildman–Crippen LogP) is 6.38. The molecular formula is C50H52N8O8. The number of carbonyl (C=O) groups is 4. The zero-order chi connectivity index (χ0) is 45.6. The molecule has 16 heteroatoms. The van der Waals surface area contributed by atoms with Gasteiger partial charge in [-0.15, -0.1) is 0 Å². The number of fused-ring (bicyclic) bond motifs is 6. The maximum absolute atomic E-state index is 12.4. The van der Waals surface area contributed by atoms with E-state index < -0.39 is 12.2 Å². The number of aryl methyl sites for hydroxylation is 4. The van der Waals surface area contributed by atoms with Crippen LogP contribution in [0.5, 0.6) is 11.5 Å². The summed E-state index contributed by atoms with van der Waals surface area (Å²) in [5.41, 5.74) is 10.2. The molecular weight excluding hydrogens is 841 g/mol. The second kappa shape index (κ2) is 19.6. The number of hydrogen-bond acceptors (Lipinski definition) is 10. The topological polar surface area (TPSA) is 171 Å². The van der Waals surface area contributed by atoms with Crippen molar-refractivity contribution in [3.05, 3.63) is 132 Å². The molecule has 4 amide bonds. The molecule has 4 aliphatic rings. The predicted molar refractivity (Wildman–Crippen MR) is 247 cm³/mol. The quantitative estimate of drug-likeness (QED) is 0.141. The van der Waals surface area contributed by atoms with E-state index in [1.54, 1.807) is 9.80 Å². The molecule has 16 nitrogen and oxygen atoms in total. The number of hydrogen-bond donors (Lipinski definition) is 2. The zero-order valence-corrected chi connectivity index (χ0v) is 37.0. The standard InChI is InChI=1S/2C25H26N4O4/c1-17(30)26-14-21-16-29(25(31)33-21)20-7-8-22-23(13-20)32-12-10-19-15-28(27-24(19)22)11-9-18-5-3-2-4-6-18;1-17(30)26-15-21-16-28(25(31)33-21)20-7-8-22-23(13-20)32-12-10-19-14-27-29(24(19)22)11-9-18-5-3-2-4-6-18/h2-8,13,15,21H,9-12,14,16H2,1H3,(H,26,30);2-8,13-14,21H,9-12,15-16H2,1H3,(H,26,30)/t2*21-/m00/s1. The average Bonchev–Trinajstić information content (AvgIpc) is 4.07. The van der Waals surface area contributed by atoms with E-state index in [9.17, 15) is 19.2 Å². The molecule has 0 unspecified atom stereocenters. The number of benzene rings is 4. The number of rotatable bonds is 12. The normalized spacial score (nSPS) is 16.9. The van der Waals surface area contributed by atoms with Crippen LogP contribution >= 0.6 is 0 Å². The van der Waals surface area contributed by atoms with Crippen LogP contribution in [-0.4, -0.2) is 95.2 Å². The van der Waals surface area contributed by atoms with Crippen LogP contribution < -0.4 is 29.9 Å². The first kappa shape index (κ1) is 43.6. The summed E-state index contributed by atoms with van der Waals surface area (Å²) in [5.74, 6) is 1.13. The van der Waals surface area contributed by atoms with Crippen LogP contribution in [0.1, 0.15) is 36.1 Å². The fourth-order valence-corrected chi connectivity index (χ4v) is 8.57. The van der Waals surface area contributed by atoms with Gasteiger partial charge in [0.05, 0.1) is 68.4 Å². The van der Waals surface area contributed by atoms with Gasteiger partial charge in [-0.2, -0.15) is 10.2 Å². The number of nitrogens with zero attached hydrogens (tertiary/aromatic N) is 6. The first-order valence-corrected chi connectivity index (χ1v) is 22.3. The summed E-state index contributed by atoms with van der Waals surface area (Å²) in [6, 6.07) is 32.3. The van der Waals surface area contributed by atoms with Crippen molar-refractivity contribution in [2.45, 2.75) is 64.8 Å². The SMILES string of the molecule is CC(=O)NC[C@H]1CN(c2ccc3c(c2)OCCc2cn(CCc4ccccc4)nc2-3)C(=O)O1.CC(=O)NC[C@H]1CN(c2ccc3c(c2)OCCc2cnn(CCc4ccccc4)c2-3)C(=O)O1. The second-order valence-electron chi connectivity index (χ2n) is 16.6.